The van der Waals surface area contributed by atoms with Crippen molar-refractivity contribution in [2.24, 2.45) is 0 Å². The van der Waals surface area contributed by atoms with Crippen LogP contribution in [-0.4, -0.2) is 24.7 Å². The lowest BCUT2D eigenvalue weighted by Crippen LogP contribution is -2.35. The summed E-state index contributed by atoms with van der Waals surface area (Å²) < 4.78 is 0. The minimum Gasteiger partial charge on any atom is -0.304 e. The predicted octanol–water partition coefficient (Wildman–Crippen LogP) is 0.654. The van der Waals surface area contributed by atoms with Crippen molar-refractivity contribution >= 4 is 11.6 Å². The molecule has 3 heteroatoms. The summed E-state index contributed by atoms with van der Waals surface area (Å²) in [7, 11) is 1.62. The summed E-state index contributed by atoms with van der Waals surface area (Å²) >= 11 is 0. The van der Waals surface area contributed by atoms with Gasteiger partial charge in [-0.15, -0.1) is 0 Å². The van der Waals surface area contributed by atoms with Gasteiger partial charge in [-0.25, -0.2) is 0 Å². The summed E-state index contributed by atoms with van der Waals surface area (Å²) in [4.78, 5) is 23.1. The van der Waals surface area contributed by atoms with Crippen LogP contribution in [0.15, 0.2) is 24.3 Å². The maximum Gasteiger partial charge on any atom is 0.188 e. The minimum absolute atomic E-state index is 0.122. The van der Waals surface area contributed by atoms with Crippen LogP contribution in [-0.2, 0) is 0 Å². The van der Waals surface area contributed by atoms with E-state index in [-0.39, 0.29) is 11.6 Å². The van der Waals surface area contributed by atoms with Crippen LogP contribution in [0, 0.1) is 0 Å². The molecule has 1 aromatic carbocycles. The van der Waals surface area contributed by atoms with Crippen LogP contribution in [0.5, 0.6) is 0 Å². The summed E-state index contributed by atoms with van der Waals surface area (Å²) in [6, 6.07) is 6.24. The minimum atomic E-state index is -0.669. The van der Waals surface area contributed by atoms with E-state index in [1.807, 2.05) is 0 Å². The fraction of sp³-hybridized carbons (Fsp3) is 0.200. The molecule has 0 amide bonds. The number of carbonyl (C=O) groups is 2. The number of nitrogens with one attached hydrogen (secondary N) is 1. The number of ketones is 2. The molecule has 1 aliphatic carbocycles. The van der Waals surface area contributed by atoms with Gasteiger partial charge >= 0.3 is 0 Å². The quantitative estimate of drug-likeness (QED) is 0.637. The fourth-order valence-electron chi connectivity index (χ4n) is 1.61. The highest BCUT2D eigenvalue weighted by molar-refractivity contribution is 6.29. The highest BCUT2D eigenvalue weighted by Crippen LogP contribution is 2.21. The van der Waals surface area contributed by atoms with Crippen molar-refractivity contribution in [2.45, 2.75) is 6.04 Å². The highest BCUT2D eigenvalue weighted by atomic mass is 16.2. The molecule has 0 saturated heterocycles. The van der Waals surface area contributed by atoms with Crippen LogP contribution in [0.4, 0.5) is 0 Å². The van der Waals surface area contributed by atoms with Gasteiger partial charge in [-0.2, -0.15) is 0 Å². The average Bonchev–Trinajstić information content (AvgIpc) is 2.41. The Morgan fingerprint density at radius 3 is 1.92 bits per heavy atom. The van der Waals surface area contributed by atoms with Crippen molar-refractivity contribution < 1.29 is 9.59 Å². The van der Waals surface area contributed by atoms with E-state index in [1.165, 1.54) is 0 Å². The number of hydrogen-bond acceptors (Lipinski definition) is 3. The Kier molecular flexibility index (Phi) is 1.74. The lowest BCUT2D eigenvalue weighted by atomic mass is 10.1. The third kappa shape index (κ3) is 1.01. The van der Waals surface area contributed by atoms with Gasteiger partial charge in [0.25, 0.3) is 0 Å². The number of benzene rings is 1. The SMILES string of the molecule is CNC1C(=O)c2ccccc2C1=O. The summed E-state index contributed by atoms with van der Waals surface area (Å²) in [6.45, 7) is 0. The smallest absolute Gasteiger partial charge is 0.188 e. The molecule has 0 saturated carbocycles. The Morgan fingerprint density at radius 2 is 1.54 bits per heavy atom. The van der Waals surface area contributed by atoms with E-state index in [9.17, 15) is 9.59 Å². The van der Waals surface area contributed by atoms with Gasteiger partial charge in [0.2, 0.25) is 0 Å². The molecule has 1 aliphatic rings. The third-order valence-electron chi connectivity index (χ3n) is 2.27. The van der Waals surface area contributed by atoms with Gasteiger partial charge < -0.3 is 5.32 Å². The van der Waals surface area contributed by atoms with Gasteiger partial charge in [-0.05, 0) is 7.05 Å². The van der Waals surface area contributed by atoms with Gasteiger partial charge in [-0.3, -0.25) is 9.59 Å². The van der Waals surface area contributed by atoms with E-state index in [4.69, 9.17) is 0 Å². The number of carbonyl (C=O) groups excluding carboxylic acids is 2. The first-order valence-corrected chi connectivity index (χ1v) is 4.10. The van der Waals surface area contributed by atoms with E-state index in [0.29, 0.717) is 11.1 Å². The Morgan fingerprint density at radius 1 is 1.08 bits per heavy atom. The summed E-state index contributed by atoms with van der Waals surface area (Å²) in [6.07, 6.45) is 0. The maximum absolute atomic E-state index is 11.6. The van der Waals surface area contributed by atoms with Crippen molar-refractivity contribution in [1.82, 2.24) is 5.32 Å². The van der Waals surface area contributed by atoms with Crippen molar-refractivity contribution in [2.75, 3.05) is 7.05 Å². The molecule has 0 radical (unpaired) electrons. The van der Waals surface area contributed by atoms with Crippen molar-refractivity contribution in [3.05, 3.63) is 35.4 Å². The Labute approximate surface area is 75.8 Å². The summed E-state index contributed by atoms with van der Waals surface area (Å²) in [5.74, 6) is -0.244. The van der Waals surface area contributed by atoms with Crippen LogP contribution < -0.4 is 5.32 Å². The second-order valence-corrected chi connectivity index (χ2v) is 3.00. The molecule has 0 bridgehead atoms. The lowest BCUT2D eigenvalue weighted by molar-refractivity contribution is 0.0874. The first-order chi connectivity index (χ1) is 6.25. The molecular weight excluding hydrogens is 166 g/mol. The van der Waals surface area contributed by atoms with Crippen LogP contribution >= 0.6 is 0 Å². The summed E-state index contributed by atoms with van der Waals surface area (Å²) in [5.41, 5.74) is 1.07. The van der Waals surface area contributed by atoms with Crippen molar-refractivity contribution in [3.8, 4) is 0 Å². The molecule has 0 aromatic heterocycles. The molecule has 0 heterocycles. The van der Waals surface area contributed by atoms with Crippen molar-refractivity contribution in [1.29, 1.82) is 0 Å². The summed E-state index contributed by atoms with van der Waals surface area (Å²) in [5, 5.41) is 2.71. The van der Waals surface area contributed by atoms with Crippen LogP contribution in [0.25, 0.3) is 0 Å². The Balaban J connectivity index is 2.57. The zero-order chi connectivity index (χ0) is 9.42. The largest absolute Gasteiger partial charge is 0.304 e. The average molecular weight is 175 g/mol. The van der Waals surface area contributed by atoms with Gasteiger partial charge in [0.1, 0.15) is 6.04 Å². The zero-order valence-corrected chi connectivity index (χ0v) is 7.20. The number of Topliss-reactive ketones (excluding diaryl/α,β-unsaturated/α-hetero) is 2. The molecule has 0 unspecified atom stereocenters. The fourth-order valence-corrected chi connectivity index (χ4v) is 1.61. The molecule has 0 fully saturated rings. The molecule has 0 aliphatic heterocycles. The lowest BCUT2D eigenvalue weighted by Gasteiger charge is -2.01. The molecule has 1 N–H and O–H groups in total. The zero-order valence-electron chi connectivity index (χ0n) is 7.20. The number of likely N-dealkylation sites (N-methyl/N-ethyl adjacent to an activating group) is 1. The van der Waals surface area contributed by atoms with Crippen molar-refractivity contribution in [3.63, 3.8) is 0 Å². The van der Waals surface area contributed by atoms with Gasteiger partial charge in [-0.1, -0.05) is 24.3 Å². The number of fused-ring (bicyclic) bond motifs is 1. The van der Waals surface area contributed by atoms with Crippen LogP contribution in [0.3, 0.4) is 0 Å². The van der Waals surface area contributed by atoms with Gasteiger partial charge in [0, 0.05) is 11.1 Å². The second-order valence-electron chi connectivity index (χ2n) is 3.00. The highest BCUT2D eigenvalue weighted by Gasteiger charge is 2.36. The molecule has 0 spiro atoms. The van der Waals surface area contributed by atoms with E-state index in [1.54, 1.807) is 31.3 Å². The van der Waals surface area contributed by atoms with E-state index in [0.717, 1.165) is 0 Å². The molecule has 3 nitrogen and oxygen atoms in total. The van der Waals surface area contributed by atoms with E-state index < -0.39 is 6.04 Å². The first kappa shape index (κ1) is 8.13. The van der Waals surface area contributed by atoms with Crippen LogP contribution in [0.2, 0.25) is 0 Å². The molecule has 13 heavy (non-hydrogen) atoms. The molecule has 1 aromatic rings. The second kappa shape index (κ2) is 2.78. The topological polar surface area (TPSA) is 46.2 Å². The van der Waals surface area contributed by atoms with E-state index in [2.05, 4.69) is 5.32 Å². The molecule has 0 atom stereocenters. The van der Waals surface area contributed by atoms with Gasteiger partial charge in [0.15, 0.2) is 11.6 Å². The Bertz CT molecular complexity index is 349. The molecule has 2 rings (SSSR count). The molecule has 66 valence electrons. The third-order valence-corrected chi connectivity index (χ3v) is 2.27. The first-order valence-electron chi connectivity index (χ1n) is 4.10. The number of hydrogen-bond donors (Lipinski definition) is 1. The predicted molar refractivity (Wildman–Crippen MR) is 48.0 cm³/mol. The monoisotopic (exact) mass is 175 g/mol. The Hall–Kier alpha value is -1.48. The normalized spacial score (nSPS) is 16.4. The maximum atomic E-state index is 11.6. The van der Waals surface area contributed by atoms with E-state index >= 15 is 0 Å². The van der Waals surface area contributed by atoms with Gasteiger partial charge in [0.05, 0.1) is 0 Å². The standard InChI is InChI=1S/C10H9NO2/c1-11-8-9(12)6-4-2-3-5-7(6)10(8)13/h2-5,8,11H,1H3. The number of rotatable bonds is 1. The van der Waals surface area contributed by atoms with Crippen LogP contribution in [0.1, 0.15) is 20.7 Å². The molecular formula is C10H9NO2.